The lowest BCUT2D eigenvalue weighted by Gasteiger charge is -2.16. The molecule has 0 N–H and O–H groups in total. The van der Waals surface area contributed by atoms with Gasteiger partial charge in [-0.15, -0.1) is 12.4 Å². The number of hydrogen-bond donors (Lipinski definition) is 0. The smallest absolute Gasteiger partial charge is 0.162 e. The van der Waals surface area contributed by atoms with E-state index in [9.17, 15) is 0 Å². The van der Waals surface area contributed by atoms with E-state index in [1.807, 2.05) is 32.3 Å². The Kier molecular flexibility index (Phi) is 4.62. The first-order valence-electron chi connectivity index (χ1n) is 5.35. The summed E-state index contributed by atoms with van der Waals surface area (Å²) in [5, 5.41) is 1.05. The van der Waals surface area contributed by atoms with E-state index in [0.29, 0.717) is 5.75 Å². The summed E-state index contributed by atoms with van der Waals surface area (Å²) in [5.41, 5.74) is 2.00. The van der Waals surface area contributed by atoms with Crippen LogP contribution in [-0.2, 0) is 0 Å². The molecule has 0 spiro atoms. The normalized spacial score (nSPS) is 9.78. The van der Waals surface area contributed by atoms with Gasteiger partial charge in [-0.2, -0.15) is 0 Å². The number of nitrogens with zero attached hydrogens (tertiary/aromatic N) is 2. The van der Waals surface area contributed by atoms with Gasteiger partial charge in [0.2, 0.25) is 0 Å². The monoisotopic (exact) mass is 268 g/mol. The number of fused-ring (bicyclic) bond motifs is 1. The zero-order valence-corrected chi connectivity index (χ0v) is 11.7. The van der Waals surface area contributed by atoms with Crippen LogP contribution in [0.1, 0.15) is 0 Å². The third-order valence-electron chi connectivity index (χ3n) is 2.71. The lowest BCUT2D eigenvalue weighted by atomic mass is 10.1. The minimum absolute atomic E-state index is 0. The zero-order valence-electron chi connectivity index (χ0n) is 10.9. The number of halogens is 1. The summed E-state index contributed by atoms with van der Waals surface area (Å²) < 4.78 is 10.6. The lowest BCUT2D eigenvalue weighted by Crippen LogP contribution is -2.09. The topological polar surface area (TPSA) is 34.6 Å². The predicted octanol–water partition coefficient (Wildman–Crippen LogP) is 2.74. The molecule has 0 unspecified atom stereocenters. The van der Waals surface area contributed by atoms with E-state index in [2.05, 4.69) is 9.88 Å². The van der Waals surface area contributed by atoms with Crippen LogP contribution in [-0.4, -0.2) is 33.3 Å². The van der Waals surface area contributed by atoms with Crippen molar-refractivity contribution in [2.75, 3.05) is 33.2 Å². The molecular weight excluding hydrogens is 252 g/mol. The molecule has 0 saturated carbocycles. The zero-order chi connectivity index (χ0) is 12.4. The highest BCUT2D eigenvalue weighted by atomic mass is 35.5. The predicted molar refractivity (Wildman–Crippen MR) is 76.4 cm³/mol. The van der Waals surface area contributed by atoms with Crippen molar-refractivity contribution >= 4 is 29.0 Å². The van der Waals surface area contributed by atoms with Crippen molar-refractivity contribution < 1.29 is 9.47 Å². The van der Waals surface area contributed by atoms with Gasteiger partial charge in [0.05, 0.1) is 19.7 Å². The molecule has 0 aliphatic heterocycles. The Labute approximate surface area is 113 Å². The summed E-state index contributed by atoms with van der Waals surface area (Å²) >= 11 is 0. The van der Waals surface area contributed by atoms with Gasteiger partial charge in [0.1, 0.15) is 0 Å². The van der Waals surface area contributed by atoms with Gasteiger partial charge in [0.25, 0.3) is 0 Å². The highest BCUT2D eigenvalue weighted by Crippen LogP contribution is 2.34. The summed E-state index contributed by atoms with van der Waals surface area (Å²) in [6.45, 7) is 0. The molecule has 98 valence electrons. The summed E-state index contributed by atoms with van der Waals surface area (Å²) in [5.74, 6) is 1.42. The van der Waals surface area contributed by atoms with Crippen LogP contribution in [0.25, 0.3) is 10.9 Å². The maximum Gasteiger partial charge on any atom is 0.162 e. The maximum atomic E-state index is 5.31. The van der Waals surface area contributed by atoms with E-state index in [1.54, 1.807) is 20.4 Å². The maximum absolute atomic E-state index is 5.31. The SMILES string of the molecule is COc1cc2nccc(N(C)C)c2cc1OC.Cl. The van der Waals surface area contributed by atoms with Gasteiger partial charge in [0, 0.05) is 37.4 Å². The third kappa shape index (κ3) is 2.43. The molecule has 18 heavy (non-hydrogen) atoms. The van der Waals surface area contributed by atoms with Crippen LogP contribution in [0.4, 0.5) is 5.69 Å². The summed E-state index contributed by atoms with van der Waals surface area (Å²) in [6, 6.07) is 5.83. The van der Waals surface area contributed by atoms with Gasteiger partial charge >= 0.3 is 0 Å². The van der Waals surface area contributed by atoms with Crippen molar-refractivity contribution in [2.24, 2.45) is 0 Å². The second kappa shape index (κ2) is 5.78. The largest absolute Gasteiger partial charge is 0.493 e. The van der Waals surface area contributed by atoms with Crippen LogP contribution in [0.3, 0.4) is 0 Å². The first-order chi connectivity index (χ1) is 8.17. The molecule has 2 aromatic rings. The lowest BCUT2D eigenvalue weighted by molar-refractivity contribution is 0.356. The highest BCUT2D eigenvalue weighted by molar-refractivity contribution is 5.93. The van der Waals surface area contributed by atoms with E-state index < -0.39 is 0 Å². The molecule has 1 heterocycles. The second-order valence-electron chi connectivity index (χ2n) is 3.95. The number of anilines is 1. The molecule has 5 heteroatoms. The van der Waals surface area contributed by atoms with Crippen molar-refractivity contribution in [3.63, 3.8) is 0 Å². The number of methoxy groups -OCH3 is 2. The molecule has 0 aliphatic rings. The van der Waals surface area contributed by atoms with Crippen molar-refractivity contribution in [1.29, 1.82) is 0 Å². The molecule has 0 saturated heterocycles. The Morgan fingerprint density at radius 2 is 1.67 bits per heavy atom. The molecule has 0 fully saturated rings. The van der Waals surface area contributed by atoms with Crippen molar-refractivity contribution in [3.8, 4) is 11.5 Å². The molecule has 0 amide bonds. The van der Waals surface area contributed by atoms with Gasteiger partial charge in [-0.05, 0) is 12.1 Å². The number of ether oxygens (including phenoxy) is 2. The summed E-state index contributed by atoms with van der Waals surface area (Å²) in [7, 11) is 7.27. The minimum atomic E-state index is 0. The van der Waals surface area contributed by atoms with Crippen LogP contribution in [0.5, 0.6) is 11.5 Å². The van der Waals surface area contributed by atoms with E-state index >= 15 is 0 Å². The van der Waals surface area contributed by atoms with E-state index in [4.69, 9.17) is 9.47 Å². The van der Waals surface area contributed by atoms with E-state index in [0.717, 1.165) is 22.3 Å². The number of aromatic nitrogens is 1. The van der Waals surface area contributed by atoms with Crippen LogP contribution in [0.2, 0.25) is 0 Å². The minimum Gasteiger partial charge on any atom is -0.493 e. The van der Waals surface area contributed by atoms with Crippen LogP contribution >= 0.6 is 12.4 Å². The van der Waals surface area contributed by atoms with E-state index in [1.165, 1.54) is 0 Å². The third-order valence-corrected chi connectivity index (χ3v) is 2.71. The Morgan fingerprint density at radius 3 is 2.22 bits per heavy atom. The van der Waals surface area contributed by atoms with Crippen LogP contribution in [0.15, 0.2) is 24.4 Å². The molecule has 4 nitrogen and oxygen atoms in total. The van der Waals surface area contributed by atoms with Crippen molar-refractivity contribution in [3.05, 3.63) is 24.4 Å². The molecule has 0 aliphatic carbocycles. The molecule has 1 aromatic heterocycles. The highest BCUT2D eigenvalue weighted by Gasteiger charge is 2.10. The number of pyridine rings is 1. The average Bonchev–Trinajstić information content (AvgIpc) is 2.35. The molecule has 0 atom stereocenters. The molecule has 1 aromatic carbocycles. The number of benzene rings is 1. The van der Waals surface area contributed by atoms with Gasteiger partial charge in [-0.3, -0.25) is 4.98 Å². The molecule has 0 bridgehead atoms. The molecular formula is C13H17ClN2O2. The van der Waals surface area contributed by atoms with Gasteiger partial charge in [-0.25, -0.2) is 0 Å². The average molecular weight is 269 g/mol. The fraction of sp³-hybridized carbons (Fsp3) is 0.308. The Hall–Kier alpha value is -1.68. The van der Waals surface area contributed by atoms with Gasteiger partial charge < -0.3 is 14.4 Å². The first-order valence-corrected chi connectivity index (χ1v) is 5.35. The second-order valence-corrected chi connectivity index (χ2v) is 3.95. The van der Waals surface area contributed by atoms with Crippen molar-refractivity contribution in [1.82, 2.24) is 4.98 Å². The van der Waals surface area contributed by atoms with Crippen LogP contribution < -0.4 is 14.4 Å². The van der Waals surface area contributed by atoms with Gasteiger partial charge in [0.15, 0.2) is 11.5 Å². The quantitative estimate of drug-likeness (QED) is 0.857. The Bertz CT molecular complexity index is 544. The number of rotatable bonds is 3. The number of hydrogen-bond acceptors (Lipinski definition) is 4. The molecule has 0 radical (unpaired) electrons. The van der Waals surface area contributed by atoms with Crippen molar-refractivity contribution in [2.45, 2.75) is 0 Å². The summed E-state index contributed by atoms with van der Waals surface area (Å²) in [6.07, 6.45) is 1.80. The molecule has 2 rings (SSSR count). The first kappa shape index (κ1) is 14.4. The van der Waals surface area contributed by atoms with Gasteiger partial charge in [-0.1, -0.05) is 0 Å². The van der Waals surface area contributed by atoms with E-state index in [-0.39, 0.29) is 12.4 Å². The standard InChI is InChI=1S/C13H16N2O2.ClH/c1-15(2)11-5-6-14-10-8-13(17-4)12(16-3)7-9(10)11;/h5-8H,1-4H3;1H. The Morgan fingerprint density at radius 1 is 1.06 bits per heavy atom. The Balaban J connectivity index is 0.00000162. The summed E-state index contributed by atoms with van der Waals surface area (Å²) in [4.78, 5) is 6.40. The fourth-order valence-corrected chi connectivity index (χ4v) is 1.85. The van der Waals surface area contributed by atoms with Crippen LogP contribution in [0, 0.1) is 0 Å². The fourth-order valence-electron chi connectivity index (χ4n) is 1.85.